The number of benzene rings is 1. The van der Waals surface area contributed by atoms with Crippen LogP contribution >= 0.6 is 15.9 Å². The Bertz CT molecular complexity index is 1400. The van der Waals surface area contributed by atoms with Gasteiger partial charge in [0.05, 0.1) is 24.6 Å². The van der Waals surface area contributed by atoms with Crippen LogP contribution in [0.15, 0.2) is 53.0 Å². The number of fused-ring (bicyclic) bond motifs is 2. The number of hydrogen-bond donors (Lipinski definition) is 1. The Balaban J connectivity index is 1.66. The van der Waals surface area contributed by atoms with Crippen LogP contribution in [0.5, 0.6) is 0 Å². The van der Waals surface area contributed by atoms with E-state index in [1.54, 1.807) is 22.9 Å². The number of rotatable bonds is 6. The van der Waals surface area contributed by atoms with E-state index in [1.807, 2.05) is 77.1 Å². The molecule has 5 rings (SSSR count). The fraction of sp³-hybridized carbons (Fsp3) is 0.600. The van der Waals surface area contributed by atoms with Gasteiger partial charge in [-0.1, -0.05) is 72.3 Å². The molecule has 1 aromatic carbocycles. The van der Waals surface area contributed by atoms with Crippen molar-refractivity contribution >= 4 is 39.6 Å². The number of ether oxygens (including phenoxy) is 2. The summed E-state index contributed by atoms with van der Waals surface area (Å²) < 4.78 is 13.5. The van der Waals surface area contributed by atoms with E-state index < -0.39 is 59.6 Å². The first-order valence-electron chi connectivity index (χ1n) is 16.3. The topological polar surface area (TPSA) is 117 Å². The Morgan fingerprint density at radius 3 is 2.35 bits per heavy atom. The summed E-state index contributed by atoms with van der Waals surface area (Å²) in [5.74, 6) is -3.42. The van der Waals surface area contributed by atoms with Gasteiger partial charge in [0.1, 0.15) is 29.8 Å². The number of cyclic esters (lactones) is 1. The number of amides is 3. The lowest BCUT2D eigenvalue weighted by Gasteiger charge is -2.40. The van der Waals surface area contributed by atoms with Crippen LogP contribution in [0.25, 0.3) is 0 Å². The highest BCUT2D eigenvalue weighted by molar-refractivity contribution is 9.11. The zero-order chi connectivity index (χ0) is 33.5. The Kier molecular flexibility index (Phi) is 10.2. The van der Waals surface area contributed by atoms with Crippen molar-refractivity contribution in [3.8, 4) is 0 Å². The van der Waals surface area contributed by atoms with E-state index in [4.69, 9.17) is 9.47 Å². The van der Waals surface area contributed by atoms with E-state index in [1.165, 1.54) is 4.90 Å². The number of hydrogen-bond acceptors (Lipinski definition) is 7. The summed E-state index contributed by atoms with van der Waals surface area (Å²) in [4.78, 5) is 61.8. The van der Waals surface area contributed by atoms with Crippen molar-refractivity contribution in [1.82, 2.24) is 14.7 Å². The predicted molar refractivity (Wildman–Crippen MR) is 175 cm³/mol. The van der Waals surface area contributed by atoms with E-state index in [0.29, 0.717) is 22.9 Å². The van der Waals surface area contributed by atoms with Crippen molar-refractivity contribution in [3.05, 3.63) is 58.6 Å². The van der Waals surface area contributed by atoms with Crippen molar-refractivity contribution in [2.24, 2.45) is 17.8 Å². The average molecular weight is 701 g/mol. The minimum absolute atomic E-state index is 0.104. The quantitative estimate of drug-likeness (QED) is 0.353. The molecule has 250 valence electrons. The van der Waals surface area contributed by atoms with Gasteiger partial charge >= 0.3 is 5.97 Å². The number of carbonyl (C=O) groups excluding carboxylic acids is 4. The second-order valence-corrected chi connectivity index (χ2v) is 14.6. The Hall–Kier alpha value is -3.02. The van der Waals surface area contributed by atoms with Crippen LogP contribution in [0.2, 0.25) is 0 Å². The molecule has 0 aromatic heterocycles. The molecule has 1 spiro atoms. The highest BCUT2D eigenvalue weighted by Gasteiger charge is 2.75. The molecule has 1 aromatic rings. The van der Waals surface area contributed by atoms with Crippen molar-refractivity contribution < 1.29 is 33.8 Å². The number of halogens is 1. The van der Waals surface area contributed by atoms with Crippen molar-refractivity contribution in [2.45, 2.75) is 95.9 Å². The van der Waals surface area contributed by atoms with Gasteiger partial charge in [-0.15, -0.1) is 0 Å². The summed E-state index contributed by atoms with van der Waals surface area (Å²) in [5, 5.41) is 10.6. The molecule has 4 aliphatic rings. The molecule has 2 saturated heterocycles. The summed E-state index contributed by atoms with van der Waals surface area (Å²) in [6.45, 7) is 9.58. The molecular weight excluding hydrogens is 654 g/mol. The number of esters is 1. The SMILES string of the molecule is CC(C)C[C@H](CO)N1C(=O)[C@@H]2[C@H]3C(=O)O[C@@H](c4ccccc4)[C@H](C)N(C)C(=O)CC/C=C\CN(C(C)C)C(=O)[C@@H]1[C@]21C=C(Br)[C@H]3O1. The van der Waals surface area contributed by atoms with E-state index in [9.17, 15) is 24.3 Å². The molecule has 1 N–H and O–H groups in total. The van der Waals surface area contributed by atoms with Crippen molar-refractivity contribution in [3.63, 3.8) is 0 Å². The molecular formula is C35H46BrN3O7. The van der Waals surface area contributed by atoms with Crippen LogP contribution in [0, 0.1) is 17.8 Å². The van der Waals surface area contributed by atoms with E-state index >= 15 is 0 Å². The molecule has 0 saturated carbocycles. The smallest absolute Gasteiger partial charge is 0.313 e. The van der Waals surface area contributed by atoms with Gasteiger partial charge in [-0.25, -0.2) is 0 Å². The molecule has 2 fully saturated rings. The van der Waals surface area contributed by atoms with Gasteiger partial charge in [0.25, 0.3) is 0 Å². The zero-order valence-corrected chi connectivity index (χ0v) is 29.1. The average Bonchev–Trinajstić information content (AvgIpc) is 3.62. The van der Waals surface area contributed by atoms with Crippen LogP contribution in [0.1, 0.15) is 65.5 Å². The number of likely N-dealkylation sites (tertiary alicyclic amines) is 1. The number of allylic oxidation sites excluding steroid dienone is 1. The van der Waals surface area contributed by atoms with E-state index in [-0.39, 0.29) is 43.3 Å². The highest BCUT2D eigenvalue weighted by atomic mass is 79.9. The van der Waals surface area contributed by atoms with Gasteiger partial charge in [0, 0.05) is 30.5 Å². The normalized spacial score (nSPS) is 33.5. The van der Waals surface area contributed by atoms with Crippen molar-refractivity contribution in [2.75, 3.05) is 20.2 Å². The lowest BCUT2D eigenvalue weighted by Crippen LogP contribution is -2.59. The largest absolute Gasteiger partial charge is 0.455 e. The minimum Gasteiger partial charge on any atom is -0.455 e. The second kappa shape index (κ2) is 13.6. The third-order valence-electron chi connectivity index (χ3n) is 9.93. The monoisotopic (exact) mass is 699 g/mol. The predicted octanol–water partition coefficient (Wildman–Crippen LogP) is 3.99. The second-order valence-electron chi connectivity index (χ2n) is 13.6. The van der Waals surface area contributed by atoms with Gasteiger partial charge in [-0.05, 0) is 51.2 Å². The molecule has 11 heteroatoms. The first-order chi connectivity index (χ1) is 21.8. The molecule has 5 bridgehead atoms. The first-order valence-corrected chi connectivity index (χ1v) is 17.1. The minimum atomic E-state index is -1.43. The summed E-state index contributed by atoms with van der Waals surface area (Å²) >= 11 is 3.60. The van der Waals surface area contributed by atoms with E-state index in [2.05, 4.69) is 15.9 Å². The van der Waals surface area contributed by atoms with Crippen LogP contribution in [0.3, 0.4) is 0 Å². The van der Waals surface area contributed by atoms with Gasteiger partial charge in [0.2, 0.25) is 17.7 Å². The van der Waals surface area contributed by atoms with Crippen LogP contribution in [-0.4, -0.2) is 99.6 Å². The molecule has 8 atom stereocenters. The number of likely N-dealkylation sites (N-methyl/N-ethyl adjacent to an activating group) is 1. The summed E-state index contributed by atoms with van der Waals surface area (Å²) in [5.41, 5.74) is -0.719. The Labute approximate surface area is 279 Å². The lowest BCUT2D eigenvalue weighted by molar-refractivity contribution is -0.164. The van der Waals surface area contributed by atoms with E-state index in [0.717, 1.165) is 0 Å². The molecule has 4 heterocycles. The van der Waals surface area contributed by atoms with Crippen LogP contribution in [-0.2, 0) is 28.7 Å². The maximum absolute atomic E-state index is 14.7. The molecule has 0 radical (unpaired) electrons. The maximum atomic E-state index is 14.7. The number of nitrogens with zero attached hydrogens (tertiary/aromatic N) is 3. The lowest BCUT2D eigenvalue weighted by atomic mass is 9.74. The fourth-order valence-corrected chi connectivity index (χ4v) is 8.28. The highest BCUT2D eigenvalue weighted by Crippen LogP contribution is 2.59. The maximum Gasteiger partial charge on any atom is 0.313 e. The van der Waals surface area contributed by atoms with Crippen molar-refractivity contribution in [1.29, 1.82) is 0 Å². The number of aliphatic hydroxyl groups is 1. The Morgan fingerprint density at radius 2 is 1.72 bits per heavy atom. The molecule has 3 amide bonds. The number of carbonyl (C=O) groups is 4. The molecule has 0 unspecified atom stereocenters. The van der Waals surface area contributed by atoms with Gasteiger partial charge < -0.3 is 29.3 Å². The van der Waals surface area contributed by atoms with Gasteiger partial charge in [0.15, 0.2) is 0 Å². The van der Waals surface area contributed by atoms with Gasteiger partial charge in [-0.2, -0.15) is 0 Å². The molecule has 46 heavy (non-hydrogen) atoms. The summed E-state index contributed by atoms with van der Waals surface area (Å²) in [6.07, 6.45) is 5.09. The third-order valence-corrected chi connectivity index (χ3v) is 10.6. The fourth-order valence-electron chi connectivity index (χ4n) is 7.54. The molecule has 10 nitrogen and oxygen atoms in total. The summed E-state index contributed by atoms with van der Waals surface area (Å²) in [6, 6.07) is 6.76. The zero-order valence-electron chi connectivity index (χ0n) is 27.5. The third kappa shape index (κ3) is 5.94. The molecule has 0 aliphatic carbocycles. The van der Waals surface area contributed by atoms with Gasteiger partial charge in [-0.3, -0.25) is 19.2 Å². The first kappa shape index (κ1) is 34.3. The Morgan fingerprint density at radius 1 is 1.02 bits per heavy atom. The van der Waals surface area contributed by atoms with Crippen LogP contribution in [0.4, 0.5) is 0 Å². The summed E-state index contributed by atoms with van der Waals surface area (Å²) in [7, 11) is 1.70. The number of aliphatic hydroxyl groups excluding tert-OH is 1. The standard InChI is InChI=1S/C35H46BrN3O7/c1-20(2)17-24(19-40)39-31-33(43)38(21(3)4)16-12-8-11-15-26(41)37(6)22(5)29(23-13-9-7-10-14-23)45-34(44)27-28(32(39)42)35(31)18-25(36)30(27)46-35/h7-10,12-14,18,20-22,24,27-31,40H,11,15-17,19H2,1-6H3/b12-8-/t22-,24+,27+,28-,29+,30+,31+,35-/m0/s1. The molecule has 4 aliphatic heterocycles. The van der Waals surface area contributed by atoms with Crippen LogP contribution < -0.4 is 0 Å².